The molecular formula is C18H16Br2N4O4. The number of carbonyl (C=O) groups is 1. The Morgan fingerprint density at radius 2 is 2.04 bits per heavy atom. The summed E-state index contributed by atoms with van der Waals surface area (Å²) in [4.78, 5) is 24.6. The average molecular weight is 512 g/mol. The van der Waals surface area contributed by atoms with E-state index >= 15 is 0 Å². The van der Waals surface area contributed by atoms with Crippen LogP contribution in [0.15, 0.2) is 37.0 Å². The highest BCUT2D eigenvalue weighted by molar-refractivity contribution is 9.11. The number of halogens is 2. The molecule has 1 aromatic carbocycles. The first-order valence-electron chi connectivity index (χ1n) is 7.90. The van der Waals surface area contributed by atoms with Crippen molar-refractivity contribution in [3.8, 4) is 11.8 Å². The number of aromatic nitrogens is 1. The SMILES string of the molecule is COCc1cc(C)n(CC(=O)NN=Cc2cc(Br)c(O)c(Br)c2)c(=O)c1C#N. The fourth-order valence-electron chi connectivity index (χ4n) is 2.44. The second-order valence-corrected chi connectivity index (χ2v) is 7.46. The molecule has 2 rings (SSSR count). The van der Waals surface area contributed by atoms with Gasteiger partial charge in [0.15, 0.2) is 0 Å². The summed E-state index contributed by atoms with van der Waals surface area (Å²) in [5.41, 5.74) is 3.36. The number of benzene rings is 1. The van der Waals surface area contributed by atoms with Crippen LogP contribution in [0.3, 0.4) is 0 Å². The van der Waals surface area contributed by atoms with Crippen LogP contribution in [0.1, 0.15) is 22.4 Å². The van der Waals surface area contributed by atoms with Crippen molar-refractivity contribution in [2.45, 2.75) is 20.1 Å². The van der Waals surface area contributed by atoms with Gasteiger partial charge >= 0.3 is 0 Å². The zero-order valence-electron chi connectivity index (χ0n) is 15.0. The Kier molecular flexibility index (Phi) is 7.51. The van der Waals surface area contributed by atoms with E-state index in [1.165, 1.54) is 17.9 Å². The van der Waals surface area contributed by atoms with E-state index in [2.05, 4.69) is 42.4 Å². The summed E-state index contributed by atoms with van der Waals surface area (Å²) in [6.07, 6.45) is 1.39. The van der Waals surface area contributed by atoms with E-state index in [1.807, 2.05) is 6.07 Å². The second-order valence-electron chi connectivity index (χ2n) is 5.75. The smallest absolute Gasteiger partial charge is 0.269 e. The molecule has 2 aromatic rings. The number of aryl methyl sites for hydroxylation is 1. The molecule has 0 aliphatic rings. The van der Waals surface area contributed by atoms with Crippen molar-refractivity contribution >= 4 is 44.0 Å². The number of nitrogens with one attached hydrogen (secondary N) is 1. The molecule has 28 heavy (non-hydrogen) atoms. The van der Waals surface area contributed by atoms with Crippen molar-refractivity contribution in [2.75, 3.05) is 7.11 Å². The first kappa shape index (κ1) is 21.8. The number of nitrogens with zero attached hydrogens (tertiary/aromatic N) is 3. The molecule has 0 bridgehead atoms. The quantitative estimate of drug-likeness (QED) is 0.456. The second kappa shape index (κ2) is 9.64. The number of methoxy groups -OCH3 is 1. The van der Waals surface area contributed by atoms with Crippen molar-refractivity contribution in [3.05, 3.63) is 59.9 Å². The molecule has 0 aliphatic heterocycles. The minimum absolute atomic E-state index is 0.0532. The van der Waals surface area contributed by atoms with Crippen LogP contribution in [0, 0.1) is 18.3 Å². The Morgan fingerprint density at radius 3 is 2.61 bits per heavy atom. The summed E-state index contributed by atoms with van der Waals surface area (Å²) in [7, 11) is 1.47. The lowest BCUT2D eigenvalue weighted by Crippen LogP contribution is -2.33. The van der Waals surface area contributed by atoms with Crippen LogP contribution < -0.4 is 11.0 Å². The molecule has 10 heteroatoms. The third-order valence-electron chi connectivity index (χ3n) is 3.74. The summed E-state index contributed by atoms with van der Waals surface area (Å²) in [5.74, 6) is -0.469. The number of hydrazone groups is 1. The summed E-state index contributed by atoms with van der Waals surface area (Å²) < 4.78 is 7.14. The molecule has 2 N–H and O–H groups in total. The number of nitriles is 1. The minimum Gasteiger partial charge on any atom is -0.506 e. The predicted octanol–water partition coefficient (Wildman–Crippen LogP) is 2.56. The number of pyridine rings is 1. The van der Waals surface area contributed by atoms with Crippen molar-refractivity contribution in [1.82, 2.24) is 9.99 Å². The Balaban J connectivity index is 2.16. The van der Waals surface area contributed by atoms with Gasteiger partial charge in [-0.15, -0.1) is 0 Å². The molecule has 0 unspecified atom stereocenters. The van der Waals surface area contributed by atoms with Gasteiger partial charge in [-0.05, 0) is 62.5 Å². The topological polar surface area (TPSA) is 117 Å². The zero-order chi connectivity index (χ0) is 20.8. The van der Waals surface area contributed by atoms with Gasteiger partial charge in [-0.3, -0.25) is 9.59 Å². The van der Waals surface area contributed by atoms with E-state index < -0.39 is 11.5 Å². The van der Waals surface area contributed by atoms with Crippen molar-refractivity contribution in [3.63, 3.8) is 0 Å². The summed E-state index contributed by atoms with van der Waals surface area (Å²) in [6.45, 7) is 1.52. The molecule has 8 nitrogen and oxygen atoms in total. The maximum Gasteiger partial charge on any atom is 0.269 e. The fraction of sp³-hybridized carbons (Fsp3) is 0.222. The fourth-order valence-corrected chi connectivity index (χ4v) is 3.66. The number of ether oxygens (including phenoxy) is 1. The molecule has 1 heterocycles. The minimum atomic E-state index is -0.555. The van der Waals surface area contributed by atoms with Crippen LogP contribution in [0.5, 0.6) is 5.75 Å². The largest absolute Gasteiger partial charge is 0.506 e. The third-order valence-corrected chi connectivity index (χ3v) is 4.95. The Bertz CT molecular complexity index is 1020. The Labute approximate surface area is 177 Å². The zero-order valence-corrected chi connectivity index (χ0v) is 18.2. The first-order valence-corrected chi connectivity index (χ1v) is 9.49. The van der Waals surface area contributed by atoms with E-state index in [0.29, 0.717) is 25.8 Å². The van der Waals surface area contributed by atoms with Crippen LogP contribution in [0.25, 0.3) is 0 Å². The van der Waals surface area contributed by atoms with Crippen LogP contribution in [-0.2, 0) is 22.7 Å². The van der Waals surface area contributed by atoms with Crippen molar-refractivity contribution in [1.29, 1.82) is 5.26 Å². The van der Waals surface area contributed by atoms with E-state index in [1.54, 1.807) is 25.1 Å². The summed E-state index contributed by atoms with van der Waals surface area (Å²) >= 11 is 6.41. The lowest BCUT2D eigenvalue weighted by Gasteiger charge is -2.12. The number of phenolic OH excluding ortho intramolecular Hbond substituents is 1. The first-order chi connectivity index (χ1) is 13.3. The Hall–Kier alpha value is -2.48. The van der Waals surface area contributed by atoms with Crippen LogP contribution in [-0.4, -0.2) is 28.9 Å². The molecule has 0 fully saturated rings. The molecule has 0 atom stereocenters. The van der Waals surface area contributed by atoms with Crippen LogP contribution in [0.4, 0.5) is 0 Å². The van der Waals surface area contributed by atoms with Gasteiger partial charge in [0.05, 0.1) is 21.8 Å². The monoisotopic (exact) mass is 510 g/mol. The van der Waals surface area contributed by atoms with Gasteiger partial charge in [0.25, 0.3) is 11.5 Å². The molecular weight excluding hydrogens is 496 g/mol. The number of hydrogen-bond donors (Lipinski definition) is 2. The molecule has 1 aromatic heterocycles. The Morgan fingerprint density at radius 1 is 1.39 bits per heavy atom. The maximum absolute atomic E-state index is 12.5. The van der Waals surface area contributed by atoms with Gasteiger partial charge < -0.3 is 14.4 Å². The number of aromatic hydroxyl groups is 1. The van der Waals surface area contributed by atoms with Crippen molar-refractivity contribution < 1.29 is 14.6 Å². The van der Waals surface area contributed by atoms with E-state index in [-0.39, 0.29) is 24.5 Å². The van der Waals surface area contributed by atoms with Gasteiger partial charge in [-0.25, -0.2) is 5.43 Å². The van der Waals surface area contributed by atoms with Crippen molar-refractivity contribution in [2.24, 2.45) is 5.10 Å². The van der Waals surface area contributed by atoms with E-state index in [0.717, 1.165) is 0 Å². The molecule has 1 amide bonds. The number of hydrogen-bond acceptors (Lipinski definition) is 6. The number of amides is 1. The highest BCUT2D eigenvalue weighted by Gasteiger charge is 2.14. The summed E-state index contributed by atoms with van der Waals surface area (Å²) in [6, 6.07) is 6.76. The molecule has 0 saturated heterocycles. The molecule has 0 radical (unpaired) electrons. The highest BCUT2D eigenvalue weighted by Crippen LogP contribution is 2.32. The lowest BCUT2D eigenvalue weighted by atomic mass is 10.1. The van der Waals surface area contributed by atoms with Gasteiger partial charge in [-0.1, -0.05) is 0 Å². The van der Waals surface area contributed by atoms with Gasteiger partial charge in [0, 0.05) is 18.4 Å². The molecule has 0 aliphatic carbocycles. The van der Waals surface area contributed by atoms with Gasteiger partial charge in [-0.2, -0.15) is 10.4 Å². The number of phenols is 1. The van der Waals surface area contributed by atoms with Gasteiger partial charge in [0.2, 0.25) is 0 Å². The third kappa shape index (κ3) is 5.07. The van der Waals surface area contributed by atoms with E-state index in [4.69, 9.17) is 4.74 Å². The number of carbonyl (C=O) groups excluding carboxylic acids is 1. The number of rotatable bonds is 6. The van der Waals surface area contributed by atoms with Crippen LogP contribution in [0.2, 0.25) is 0 Å². The molecule has 0 saturated carbocycles. The lowest BCUT2D eigenvalue weighted by molar-refractivity contribution is -0.121. The predicted molar refractivity (Wildman–Crippen MR) is 110 cm³/mol. The summed E-state index contributed by atoms with van der Waals surface area (Å²) in [5, 5.41) is 22.8. The van der Waals surface area contributed by atoms with Gasteiger partial charge in [0.1, 0.15) is 23.9 Å². The highest BCUT2D eigenvalue weighted by atomic mass is 79.9. The molecule has 0 spiro atoms. The molecule has 146 valence electrons. The maximum atomic E-state index is 12.5. The normalized spacial score (nSPS) is 10.8. The standard InChI is InChI=1S/C18H16Br2N4O4/c1-10-3-12(9-28-2)13(6-21)18(27)24(10)8-16(25)23-22-7-11-4-14(19)17(26)15(20)5-11/h3-5,7,26H,8-9H2,1-2H3,(H,23,25). The average Bonchev–Trinajstić information content (AvgIpc) is 2.63. The van der Waals surface area contributed by atoms with Crippen LogP contribution >= 0.6 is 31.9 Å². The van der Waals surface area contributed by atoms with E-state index in [9.17, 15) is 20.0 Å².